The molecule has 2 aromatic rings. The van der Waals surface area contributed by atoms with Gasteiger partial charge < -0.3 is 15.4 Å². The average Bonchev–Trinajstić information content (AvgIpc) is 2.49. The first-order valence-electron chi connectivity index (χ1n) is 6.79. The Morgan fingerprint density at radius 2 is 1.96 bits per heavy atom. The van der Waals surface area contributed by atoms with Crippen LogP contribution >= 0.6 is 15.9 Å². The van der Waals surface area contributed by atoms with Gasteiger partial charge in [0.25, 0.3) is 0 Å². The number of anilines is 2. The molecule has 7 heteroatoms. The molecule has 0 spiro atoms. The molecule has 0 fully saturated rings. The van der Waals surface area contributed by atoms with Gasteiger partial charge in [-0.3, -0.25) is 4.79 Å². The Morgan fingerprint density at radius 1 is 1.22 bits per heavy atom. The smallest absolute Gasteiger partial charge is 0.387 e. The lowest BCUT2D eigenvalue weighted by Crippen LogP contribution is -2.22. The van der Waals surface area contributed by atoms with Crippen LogP contribution in [0.1, 0.15) is 5.56 Å². The number of hydrogen-bond donors (Lipinski definition) is 2. The summed E-state index contributed by atoms with van der Waals surface area (Å²) >= 11 is 3.37. The van der Waals surface area contributed by atoms with E-state index >= 15 is 0 Å². The molecule has 0 aliphatic rings. The van der Waals surface area contributed by atoms with Crippen LogP contribution in [0.5, 0.6) is 5.75 Å². The Kier molecular flexibility index (Phi) is 5.92. The quantitative estimate of drug-likeness (QED) is 0.775. The summed E-state index contributed by atoms with van der Waals surface area (Å²) in [7, 11) is 0. The molecule has 0 unspecified atom stereocenters. The van der Waals surface area contributed by atoms with Gasteiger partial charge in [0.05, 0.1) is 17.9 Å². The number of amides is 1. The summed E-state index contributed by atoms with van der Waals surface area (Å²) in [6.45, 7) is -1.06. The van der Waals surface area contributed by atoms with Gasteiger partial charge in [-0.2, -0.15) is 8.78 Å². The average molecular weight is 385 g/mol. The summed E-state index contributed by atoms with van der Waals surface area (Å²) in [5.41, 5.74) is 2.02. The highest BCUT2D eigenvalue weighted by atomic mass is 79.9. The lowest BCUT2D eigenvalue weighted by atomic mass is 10.2. The fraction of sp³-hybridized carbons (Fsp3) is 0.188. The molecule has 0 aromatic heterocycles. The van der Waals surface area contributed by atoms with E-state index < -0.39 is 6.61 Å². The second-order valence-electron chi connectivity index (χ2n) is 4.76. The van der Waals surface area contributed by atoms with E-state index in [1.165, 1.54) is 6.07 Å². The maximum Gasteiger partial charge on any atom is 0.387 e. The van der Waals surface area contributed by atoms with Crippen molar-refractivity contribution in [2.75, 3.05) is 17.2 Å². The van der Waals surface area contributed by atoms with E-state index in [4.69, 9.17) is 0 Å². The van der Waals surface area contributed by atoms with Crippen molar-refractivity contribution in [3.63, 3.8) is 0 Å². The second-order valence-corrected chi connectivity index (χ2v) is 5.61. The number of nitrogens with one attached hydrogen (secondary N) is 2. The molecule has 0 atom stereocenters. The first-order valence-corrected chi connectivity index (χ1v) is 7.58. The Morgan fingerprint density at radius 3 is 2.65 bits per heavy atom. The van der Waals surface area contributed by atoms with E-state index in [9.17, 15) is 13.6 Å². The van der Waals surface area contributed by atoms with Gasteiger partial charge in [0.1, 0.15) is 5.75 Å². The van der Waals surface area contributed by atoms with Crippen molar-refractivity contribution < 1.29 is 18.3 Å². The van der Waals surface area contributed by atoms with Crippen LogP contribution in [0.4, 0.5) is 20.2 Å². The number of halogens is 3. The number of alkyl halides is 2. The number of carbonyl (C=O) groups is 1. The van der Waals surface area contributed by atoms with Gasteiger partial charge in [0.15, 0.2) is 0 Å². The van der Waals surface area contributed by atoms with Crippen molar-refractivity contribution in [2.24, 2.45) is 0 Å². The SMILES string of the molecule is Cc1ccc(NC(=O)CNc2ccccc2OC(F)F)c(Br)c1. The number of aryl methyl sites for hydroxylation is 1. The van der Waals surface area contributed by atoms with Crippen LogP contribution in [0.2, 0.25) is 0 Å². The van der Waals surface area contributed by atoms with Gasteiger partial charge in [-0.15, -0.1) is 0 Å². The maximum absolute atomic E-state index is 12.3. The minimum absolute atomic E-state index is 0.00758. The molecule has 0 heterocycles. The van der Waals surface area contributed by atoms with Crippen LogP contribution in [0, 0.1) is 6.92 Å². The van der Waals surface area contributed by atoms with Crippen LogP contribution in [0.3, 0.4) is 0 Å². The number of hydrogen-bond acceptors (Lipinski definition) is 3. The Bertz CT molecular complexity index is 696. The predicted octanol–water partition coefficient (Wildman–Crippen LogP) is 4.41. The summed E-state index contributed by atoms with van der Waals surface area (Å²) in [5, 5.41) is 5.51. The summed E-state index contributed by atoms with van der Waals surface area (Å²) in [6.07, 6.45) is 0. The number of rotatable bonds is 6. The minimum Gasteiger partial charge on any atom is -0.433 e. The third-order valence-electron chi connectivity index (χ3n) is 2.94. The van der Waals surface area contributed by atoms with Crippen molar-refractivity contribution >= 4 is 33.2 Å². The third-order valence-corrected chi connectivity index (χ3v) is 3.60. The molecule has 0 aliphatic carbocycles. The fourth-order valence-electron chi connectivity index (χ4n) is 1.90. The lowest BCUT2D eigenvalue weighted by molar-refractivity contribution is -0.114. The molecule has 0 bridgehead atoms. The van der Waals surface area contributed by atoms with Crippen LogP contribution in [-0.2, 0) is 4.79 Å². The highest BCUT2D eigenvalue weighted by Crippen LogP contribution is 2.26. The standard InChI is InChI=1S/C16H15BrF2N2O2/c1-10-6-7-12(11(17)8-10)21-15(22)9-20-13-4-2-3-5-14(13)23-16(18)19/h2-8,16,20H,9H2,1H3,(H,21,22). The van der Waals surface area contributed by atoms with Gasteiger partial charge in [0.2, 0.25) is 5.91 Å². The van der Waals surface area contributed by atoms with Gasteiger partial charge in [-0.25, -0.2) is 0 Å². The monoisotopic (exact) mass is 384 g/mol. The van der Waals surface area contributed by atoms with Crippen molar-refractivity contribution in [2.45, 2.75) is 13.5 Å². The zero-order valence-electron chi connectivity index (χ0n) is 12.3. The van der Waals surface area contributed by atoms with Crippen molar-refractivity contribution in [1.82, 2.24) is 0 Å². The largest absolute Gasteiger partial charge is 0.433 e. The molecule has 122 valence electrons. The zero-order chi connectivity index (χ0) is 16.8. The number of para-hydroxylation sites is 2. The molecular weight excluding hydrogens is 370 g/mol. The summed E-state index contributed by atoms with van der Waals surface area (Å²) in [6, 6.07) is 11.7. The number of carbonyl (C=O) groups excluding carboxylic acids is 1. The van der Waals surface area contributed by atoms with Gasteiger partial charge in [0, 0.05) is 4.47 Å². The van der Waals surface area contributed by atoms with Crippen molar-refractivity contribution in [3.8, 4) is 5.75 Å². The van der Waals surface area contributed by atoms with Crippen LogP contribution < -0.4 is 15.4 Å². The maximum atomic E-state index is 12.3. The lowest BCUT2D eigenvalue weighted by Gasteiger charge is -2.13. The molecule has 2 N–H and O–H groups in total. The van der Waals surface area contributed by atoms with E-state index in [0.717, 1.165) is 10.0 Å². The highest BCUT2D eigenvalue weighted by Gasteiger charge is 2.10. The van der Waals surface area contributed by atoms with Crippen LogP contribution in [-0.4, -0.2) is 19.1 Å². The van der Waals surface area contributed by atoms with Crippen molar-refractivity contribution in [1.29, 1.82) is 0 Å². The highest BCUT2D eigenvalue weighted by molar-refractivity contribution is 9.10. The molecule has 2 aromatic carbocycles. The normalized spacial score (nSPS) is 10.5. The summed E-state index contributed by atoms with van der Waals surface area (Å²) in [5.74, 6) is -0.312. The molecule has 0 saturated carbocycles. The Balaban J connectivity index is 1.97. The second kappa shape index (κ2) is 7.92. The molecule has 0 saturated heterocycles. The fourth-order valence-corrected chi connectivity index (χ4v) is 2.50. The number of ether oxygens (including phenoxy) is 1. The molecule has 2 rings (SSSR count). The first-order chi connectivity index (χ1) is 11.0. The van der Waals surface area contributed by atoms with E-state index in [1.54, 1.807) is 24.3 Å². The number of benzene rings is 2. The van der Waals surface area contributed by atoms with E-state index in [0.29, 0.717) is 11.4 Å². The van der Waals surface area contributed by atoms with Gasteiger partial charge >= 0.3 is 6.61 Å². The Labute approximate surface area is 141 Å². The molecular formula is C16H15BrF2N2O2. The molecule has 1 amide bonds. The third kappa shape index (κ3) is 5.21. The minimum atomic E-state index is -2.92. The van der Waals surface area contributed by atoms with Crippen molar-refractivity contribution in [3.05, 3.63) is 52.5 Å². The van der Waals surface area contributed by atoms with Gasteiger partial charge in [-0.1, -0.05) is 18.2 Å². The van der Waals surface area contributed by atoms with E-state index in [-0.39, 0.29) is 18.2 Å². The van der Waals surface area contributed by atoms with Gasteiger partial charge in [-0.05, 0) is 52.7 Å². The molecule has 4 nitrogen and oxygen atoms in total. The van der Waals surface area contributed by atoms with Crippen LogP contribution in [0.25, 0.3) is 0 Å². The Hall–Kier alpha value is -2.15. The zero-order valence-corrected chi connectivity index (χ0v) is 13.9. The topological polar surface area (TPSA) is 50.4 Å². The summed E-state index contributed by atoms with van der Waals surface area (Å²) in [4.78, 5) is 12.0. The molecule has 23 heavy (non-hydrogen) atoms. The molecule has 0 radical (unpaired) electrons. The predicted molar refractivity (Wildman–Crippen MR) is 89.1 cm³/mol. The van der Waals surface area contributed by atoms with Crippen LogP contribution in [0.15, 0.2) is 46.9 Å². The van der Waals surface area contributed by atoms with E-state index in [1.807, 2.05) is 19.1 Å². The first kappa shape index (κ1) is 17.2. The van der Waals surface area contributed by atoms with E-state index in [2.05, 4.69) is 31.3 Å². The molecule has 0 aliphatic heterocycles. The summed E-state index contributed by atoms with van der Waals surface area (Å²) < 4.78 is 29.8.